The maximum absolute atomic E-state index is 12.9. The van der Waals surface area contributed by atoms with Gasteiger partial charge in [-0.2, -0.15) is 0 Å². The van der Waals surface area contributed by atoms with E-state index in [0.717, 1.165) is 10.0 Å². The molecule has 0 fully saturated rings. The topological polar surface area (TPSA) is 41.1 Å². The Balaban J connectivity index is 2.22. The van der Waals surface area contributed by atoms with E-state index < -0.39 is 0 Å². The first-order valence-electron chi connectivity index (χ1n) is 6.40. The predicted octanol–water partition coefficient (Wildman–Crippen LogP) is 2.84. The molecule has 1 aromatic rings. The summed E-state index contributed by atoms with van der Waals surface area (Å²) in [6, 6.07) is 4.59. The highest BCUT2D eigenvalue weighted by Crippen LogP contribution is 2.17. The van der Waals surface area contributed by atoms with E-state index in [1.54, 1.807) is 6.07 Å². The molecule has 0 aromatic heterocycles. The van der Waals surface area contributed by atoms with Crippen LogP contribution >= 0.6 is 15.9 Å². The zero-order valence-corrected chi connectivity index (χ0v) is 12.9. The number of halogens is 2. The normalized spacial score (nSPS) is 10.8. The molecule has 0 aliphatic heterocycles. The molecule has 0 spiro atoms. The maximum Gasteiger partial charge on any atom is 0.221 e. The fraction of sp³-hybridized carbons (Fsp3) is 0.500. The van der Waals surface area contributed by atoms with Crippen LogP contribution in [-0.4, -0.2) is 19.0 Å². The molecule has 1 rings (SSSR count). The van der Waals surface area contributed by atoms with Crippen LogP contribution in [0.15, 0.2) is 22.7 Å². The van der Waals surface area contributed by atoms with Crippen molar-refractivity contribution in [2.24, 2.45) is 5.92 Å². The molecule has 19 heavy (non-hydrogen) atoms. The van der Waals surface area contributed by atoms with E-state index in [2.05, 4.69) is 40.4 Å². The first-order valence-corrected chi connectivity index (χ1v) is 7.19. The summed E-state index contributed by atoms with van der Waals surface area (Å²) in [5, 5.41) is 6.03. The first kappa shape index (κ1) is 16.1. The number of amides is 1. The lowest BCUT2D eigenvalue weighted by Crippen LogP contribution is -2.30. The number of nitrogens with one attached hydrogen (secondary N) is 2. The first-order chi connectivity index (χ1) is 8.99. The smallest absolute Gasteiger partial charge is 0.221 e. The molecule has 5 heteroatoms. The second-order valence-corrected chi connectivity index (χ2v) is 5.71. The van der Waals surface area contributed by atoms with Crippen LogP contribution in [0.5, 0.6) is 0 Å². The Morgan fingerprint density at radius 2 is 2.16 bits per heavy atom. The summed E-state index contributed by atoms with van der Waals surface area (Å²) in [5.74, 6) is 0.259. The van der Waals surface area contributed by atoms with E-state index in [4.69, 9.17) is 0 Å². The van der Waals surface area contributed by atoms with Crippen molar-refractivity contribution in [1.82, 2.24) is 10.6 Å². The third-order valence-corrected chi connectivity index (χ3v) is 3.31. The van der Waals surface area contributed by atoms with Gasteiger partial charge in [-0.3, -0.25) is 4.79 Å². The molecule has 106 valence electrons. The molecule has 0 aliphatic carbocycles. The summed E-state index contributed by atoms with van der Waals surface area (Å²) in [6.45, 7) is 6.05. The van der Waals surface area contributed by atoms with E-state index in [1.165, 1.54) is 12.1 Å². The Kier molecular flexibility index (Phi) is 7.02. The molecule has 3 nitrogen and oxygen atoms in total. The van der Waals surface area contributed by atoms with Crippen LogP contribution in [0.4, 0.5) is 4.39 Å². The van der Waals surface area contributed by atoms with Crippen molar-refractivity contribution < 1.29 is 9.18 Å². The van der Waals surface area contributed by atoms with Crippen molar-refractivity contribution in [2.45, 2.75) is 26.8 Å². The van der Waals surface area contributed by atoms with Crippen molar-refractivity contribution in [3.05, 3.63) is 34.1 Å². The number of rotatable bonds is 7. The summed E-state index contributed by atoms with van der Waals surface area (Å²) in [7, 11) is 0. The van der Waals surface area contributed by atoms with E-state index in [0.29, 0.717) is 32.0 Å². The number of carbonyl (C=O) groups is 1. The Bertz CT molecular complexity index is 424. The molecule has 0 atom stereocenters. The van der Waals surface area contributed by atoms with Gasteiger partial charge in [0.2, 0.25) is 5.91 Å². The van der Waals surface area contributed by atoms with Crippen LogP contribution in [0.25, 0.3) is 0 Å². The molecule has 0 saturated carbocycles. The fourth-order valence-corrected chi connectivity index (χ4v) is 1.99. The molecule has 0 aliphatic rings. The molecule has 1 aromatic carbocycles. The molecule has 2 N–H and O–H groups in total. The van der Waals surface area contributed by atoms with Crippen LogP contribution in [0.1, 0.15) is 25.8 Å². The molecular weight excluding hydrogens is 311 g/mol. The van der Waals surface area contributed by atoms with Gasteiger partial charge in [-0.25, -0.2) is 4.39 Å². The van der Waals surface area contributed by atoms with Gasteiger partial charge >= 0.3 is 0 Å². The zero-order valence-electron chi connectivity index (χ0n) is 11.3. The Labute approximate surface area is 122 Å². The van der Waals surface area contributed by atoms with Crippen molar-refractivity contribution in [3.63, 3.8) is 0 Å². The lowest BCUT2D eigenvalue weighted by Gasteiger charge is -2.09. The summed E-state index contributed by atoms with van der Waals surface area (Å²) in [4.78, 5) is 11.5. The fourth-order valence-electron chi connectivity index (χ4n) is 1.50. The number of benzene rings is 1. The molecule has 0 heterocycles. The van der Waals surface area contributed by atoms with Gasteiger partial charge in [-0.1, -0.05) is 35.8 Å². The molecule has 1 amide bonds. The van der Waals surface area contributed by atoms with Crippen LogP contribution in [0, 0.1) is 11.7 Å². The average molecular weight is 331 g/mol. The van der Waals surface area contributed by atoms with E-state index in [-0.39, 0.29) is 11.7 Å². The zero-order chi connectivity index (χ0) is 14.3. The van der Waals surface area contributed by atoms with Gasteiger partial charge in [-0.05, 0) is 23.6 Å². The second kappa shape index (κ2) is 8.27. The van der Waals surface area contributed by atoms with E-state index in [1.807, 2.05) is 0 Å². The summed E-state index contributed by atoms with van der Waals surface area (Å²) in [6.07, 6.45) is 0.450. The lowest BCUT2D eigenvalue weighted by atomic mass is 10.2. The Morgan fingerprint density at radius 3 is 2.79 bits per heavy atom. The van der Waals surface area contributed by atoms with Gasteiger partial charge < -0.3 is 10.6 Å². The van der Waals surface area contributed by atoms with Crippen molar-refractivity contribution in [1.29, 1.82) is 0 Å². The van der Waals surface area contributed by atoms with Crippen LogP contribution < -0.4 is 10.6 Å². The summed E-state index contributed by atoms with van der Waals surface area (Å²) >= 11 is 3.31. The minimum Gasteiger partial charge on any atom is -0.356 e. The molecule has 0 radical (unpaired) electrons. The quantitative estimate of drug-likeness (QED) is 0.755. The average Bonchev–Trinajstić information content (AvgIpc) is 2.34. The van der Waals surface area contributed by atoms with E-state index in [9.17, 15) is 9.18 Å². The Morgan fingerprint density at radius 1 is 1.42 bits per heavy atom. The van der Waals surface area contributed by atoms with Crippen molar-refractivity contribution in [2.75, 3.05) is 13.1 Å². The maximum atomic E-state index is 12.9. The highest BCUT2D eigenvalue weighted by Gasteiger charge is 2.03. The van der Waals surface area contributed by atoms with Gasteiger partial charge in [0.25, 0.3) is 0 Å². The number of hydrogen-bond acceptors (Lipinski definition) is 2. The molecular formula is C14H20BrFN2O. The predicted molar refractivity (Wildman–Crippen MR) is 78.3 cm³/mol. The monoisotopic (exact) mass is 330 g/mol. The Hall–Kier alpha value is -0.940. The molecule has 0 unspecified atom stereocenters. The van der Waals surface area contributed by atoms with Gasteiger partial charge in [0.05, 0.1) is 0 Å². The largest absolute Gasteiger partial charge is 0.356 e. The van der Waals surface area contributed by atoms with Crippen LogP contribution in [0.3, 0.4) is 0 Å². The minimum atomic E-state index is -0.260. The molecule has 0 bridgehead atoms. The third kappa shape index (κ3) is 6.68. The minimum absolute atomic E-state index is 0.0550. The van der Waals surface area contributed by atoms with Crippen LogP contribution in [-0.2, 0) is 11.3 Å². The summed E-state index contributed by atoms with van der Waals surface area (Å²) in [5.41, 5.74) is 0.976. The van der Waals surface area contributed by atoms with Gasteiger partial charge in [-0.15, -0.1) is 0 Å². The number of carbonyl (C=O) groups excluding carboxylic acids is 1. The van der Waals surface area contributed by atoms with E-state index >= 15 is 0 Å². The van der Waals surface area contributed by atoms with Crippen LogP contribution in [0.2, 0.25) is 0 Å². The third-order valence-electron chi connectivity index (χ3n) is 2.57. The van der Waals surface area contributed by atoms with Gasteiger partial charge in [0, 0.05) is 30.5 Å². The number of hydrogen-bond donors (Lipinski definition) is 2. The summed E-state index contributed by atoms with van der Waals surface area (Å²) < 4.78 is 13.6. The molecule has 0 saturated heterocycles. The van der Waals surface area contributed by atoms with Gasteiger partial charge in [0.15, 0.2) is 0 Å². The lowest BCUT2D eigenvalue weighted by molar-refractivity contribution is -0.121. The SMILES string of the molecule is CC(C)CNC(=O)CCNCc1ccc(F)cc1Br. The second-order valence-electron chi connectivity index (χ2n) is 4.86. The van der Waals surface area contributed by atoms with Crippen molar-refractivity contribution in [3.8, 4) is 0 Å². The van der Waals surface area contributed by atoms with Crippen molar-refractivity contribution >= 4 is 21.8 Å². The highest BCUT2D eigenvalue weighted by molar-refractivity contribution is 9.10. The van der Waals surface area contributed by atoms with Gasteiger partial charge in [0.1, 0.15) is 5.82 Å². The highest BCUT2D eigenvalue weighted by atomic mass is 79.9. The standard InChI is InChI=1S/C14H20BrFN2O/c1-10(2)8-18-14(19)5-6-17-9-11-3-4-12(16)7-13(11)15/h3-4,7,10,17H,5-6,8-9H2,1-2H3,(H,18,19).